The number of hydrogen-bond donors (Lipinski definition) is 1. The van der Waals surface area contributed by atoms with Gasteiger partial charge in [0, 0.05) is 16.2 Å². The van der Waals surface area contributed by atoms with Gasteiger partial charge in [-0.05, 0) is 37.1 Å². The molecular weight excluding hydrogens is 274 g/mol. The summed E-state index contributed by atoms with van der Waals surface area (Å²) in [6, 6.07) is 19.8. The molecule has 2 aromatic rings. The van der Waals surface area contributed by atoms with E-state index < -0.39 is 0 Å². The summed E-state index contributed by atoms with van der Waals surface area (Å²) in [6.07, 6.45) is 1.16. The Hall–Kier alpha value is -1.25. The molecule has 2 unspecified atom stereocenters. The molecule has 112 valence electrons. The Labute approximate surface area is 133 Å². The molecule has 1 N–H and O–H groups in total. The van der Waals surface area contributed by atoms with Gasteiger partial charge >= 0.3 is 0 Å². The zero-order valence-electron chi connectivity index (χ0n) is 13.2. The van der Waals surface area contributed by atoms with E-state index in [-0.39, 0.29) is 0 Å². The van der Waals surface area contributed by atoms with Crippen LogP contribution in [0.5, 0.6) is 0 Å². The quantitative estimate of drug-likeness (QED) is 0.704. The van der Waals surface area contributed by atoms with E-state index in [0.717, 1.165) is 13.0 Å². The van der Waals surface area contributed by atoms with Crippen LogP contribution < -0.4 is 5.32 Å². The lowest BCUT2D eigenvalue weighted by Crippen LogP contribution is -2.29. The fourth-order valence-corrected chi connectivity index (χ4v) is 3.67. The van der Waals surface area contributed by atoms with E-state index in [0.29, 0.717) is 11.3 Å². The van der Waals surface area contributed by atoms with E-state index in [2.05, 4.69) is 80.7 Å². The predicted molar refractivity (Wildman–Crippen MR) is 94.0 cm³/mol. The number of hydrogen-bond acceptors (Lipinski definition) is 2. The molecule has 0 aromatic heterocycles. The molecule has 0 saturated carbocycles. The van der Waals surface area contributed by atoms with Crippen LogP contribution in [0.4, 0.5) is 0 Å². The molecule has 0 amide bonds. The first kappa shape index (κ1) is 16.1. The lowest BCUT2D eigenvalue weighted by atomic mass is 10.0. The van der Waals surface area contributed by atoms with E-state index in [1.165, 1.54) is 16.0 Å². The van der Waals surface area contributed by atoms with Crippen molar-refractivity contribution < 1.29 is 0 Å². The van der Waals surface area contributed by atoms with Crippen molar-refractivity contribution in [2.24, 2.45) is 0 Å². The van der Waals surface area contributed by atoms with Crippen LogP contribution in [-0.4, -0.2) is 11.8 Å². The molecular formula is C19H25NS. The molecule has 1 nitrogen and oxygen atoms in total. The highest BCUT2D eigenvalue weighted by Gasteiger charge is 2.19. The summed E-state index contributed by atoms with van der Waals surface area (Å²) in [5.74, 6) is 0. The highest BCUT2D eigenvalue weighted by molar-refractivity contribution is 8.00. The number of nitrogens with one attached hydrogen (secondary N) is 1. The average molecular weight is 299 g/mol. The van der Waals surface area contributed by atoms with Gasteiger partial charge < -0.3 is 5.32 Å². The van der Waals surface area contributed by atoms with Crippen LogP contribution in [0, 0.1) is 6.92 Å². The Morgan fingerprint density at radius 1 is 1.00 bits per heavy atom. The van der Waals surface area contributed by atoms with Crippen molar-refractivity contribution in [2.75, 3.05) is 6.54 Å². The van der Waals surface area contributed by atoms with Gasteiger partial charge in [-0.3, -0.25) is 0 Å². The molecule has 0 aliphatic rings. The van der Waals surface area contributed by atoms with E-state index in [1.807, 2.05) is 11.8 Å². The molecule has 2 aromatic carbocycles. The molecule has 0 aliphatic heterocycles. The smallest absolute Gasteiger partial charge is 0.0441 e. The van der Waals surface area contributed by atoms with Crippen molar-refractivity contribution in [2.45, 2.75) is 43.4 Å². The summed E-state index contributed by atoms with van der Waals surface area (Å²) in [5.41, 5.74) is 2.73. The normalized spacial score (nSPS) is 13.9. The van der Waals surface area contributed by atoms with Crippen LogP contribution in [0.25, 0.3) is 0 Å². The second kappa shape index (κ2) is 8.26. The molecule has 0 fully saturated rings. The minimum absolute atomic E-state index is 0.385. The summed E-state index contributed by atoms with van der Waals surface area (Å²) in [5, 5.41) is 4.19. The average Bonchev–Trinajstić information content (AvgIpc) is 2.51. The standard InChI is InChI=1S/C19H25NS/c1-4-14-20-19(17-11-6-5-7-12-17)16(3)21-18-13-9-8-10-15(18)2/h5-13,16,19-20H,4,14H2,1-3H3. The number of aryl methyl sites for hydroxylation is 1. The van der Waals surface area contributed by atoms with Gasteiger partial charge in [0.15, 0.2) is 0 Å². The largest absolute Gasteiger partial charge is 0.309 e. The van der Waals surface area contributed by atoms with E-state index in [1.54, 1.807) is 0 Å². The summed E-state index contributed by atoms with van der Waals surface area (Å²) < 4.78 is 0. The van der Waals surface area contributed by atoms with Crippen molar-refractivity contribution in [3.63, 3.8) is 0 Å². The van der Waals surface area contributed by atoms with Gasteiger partial charge in [-0.2, -0.15) is 0 Å². The fraction of sp³-hybridized carbons (Fsp3) is 0.368. The summed E-state index contributed by atoms with van der Waals surface area (Å²) in [7, 11) is 0. The lowest BCUT2D eigenvalue weighted by Gasteiger charge is -2.26. The maximum atomic E-state index is 3.70. The molecule has 2 atom stereocenters. The van der Waals surface area contributed by atoms with E-state index in [9.17, 15) is 0 Å². The molecule has 0 spiro atoms. The van der Waals surface area contributed by atoms with E-state index >= 15 is 0 Å². The zero-order valence-corrected chi connectivity index (χ0v) is 14.0. The van der Waals surface area contributed by atoms with Crippen LogP contribution in [0.15, 0.2) is 59.5 Å². The third-order valence-corrected chi connectivity index (χ3v) is 5.00. The van der Waals surface area contributed by atoms with Gasteiger partial charge in [-0.15, -0.1) is 11.8 Å². The van der Waals surface area contributed by atoms with Gasteiger partial charge in [-0.25, -0.2) is 0 Å². The molecule has 0 saturated heterocycles. The second-order valence-electron chi connectivity index (χ2n) is 5.43. The monoisotopic (exact) mass is 299 g/mol. The predicted octanol–water partition coefficient (Wildman–Crippen LogP) is 5.22. The van der Waals surface area contributed by atoms with Crippen LogP contribution in [-0.2, 0) is 0 Å². The number of thioether (sulfide) groups is 1. The highest BCUT2D eigenvalue weighted by Crippen LogP contribution is 2.33. The van der Waals surface area contributed by atoms with Crippen molar-refractivity contribution in [3.8, 4) is 0 Å². The lowest BCUT2D eigenvalue weighted by molar-refractivity contribution is 0.528. The molecule has 2 rings (SSSR count). The van der Waals surface area contributed by atoms with Crippen LogP contribution in [0.3, 0.4) is 0 Å². The van der Waals surface area contributed by atoms with Gasteiger partial charge in [0.25, 0.3) is 0 Å². The first-order valence-electron chi connectivity index (χ1n) is 7.73. The third-order valence-electron chi connectivity index (χ3n) is 3.65. The van der Waals surface area contributed by atoms with Crippen LogP contribution in [0.2, 0.25) is 0 Å². The van der Waals surface area contributed by atoms with Crippen molar-refractivity contribution in [1.29, 1.82) is 0 Å². The van der Waals surface area contributed by atoms with Crippen LogP contribution in [0.1, 0.15) is 37.4 Å². The SMILES string of the molecule is CCCNC(c1ccccc1)C(C)Sc1ccccc1C. The first-order chi connectivity index (χ1) is 10.2. The molecule has 0 aliphatic carbocycles. The molecule has 2 heteroatoms. The number of benzene rings is 2. The molecule has 0 radical (unpaired) electrons. The first-order valence-corrected chi connectivity index (χ1v) is 8.61. The Morgan fingerprint density at radius 2 is 1.67 bits per heavy atom. The molecule has 0 heterocycles. The maximum absolute atomic E-state index is 3.70. The summed E-state index contributed by atoms with van der Waals surface area (Å²) >= 11 is 1.96. The van der Waals surface area contributed by atoms with Crippen LogP contribution >= 0.6 is 11.8 Å². The Bertz CT molecular complexity index is 538. The minimum Gasteiger partial charge on any atom is -0.309 e. The van der Waals surface area contributed by atoms with Gasteiger partial charge in [0.1, 0.15) is 0 Å². The Balaban J connectivity index is 2.14. The Kier molecular flexibility index (Phi) is 6.34. The number of rotatable bonds is 7. The van der Waals surface area contributed by atoms with Crippen molar-refractivity contribution in [1.82, 2.24) is 5.32 Å². The van der Waals surface area contributed by atoms with Gasteiger partial charge in [0.2, 0.25) is 0 Å². The Morgan fingerprint density at radius 3 is 2.33 bits per heavy atom. The molecule has 21 heavy (non-hydrogen) atoms. The summed E-state index contributed by atoms with van der Waals surface area (Å²) in [4.78, 5) is 1.38. The third kappa shape index (κ3) is 4.62. The maximum Gasteiger partial charge on any atom is 0.0441 e. The molecule has 0 bridgehead atoms. The fourth-order valence-electron chi connectivity index (χ4n) is 2.47. The van der Waals surface area contributed by atoms with E-state index in [4.69, 9.17) is 0 Å². The zero-order chi connectivity index (χ0) is 15.1. The summed E-state index contributed by atoms with van der Waals surface area (Å²) in [6.45, 7) is 7.77. The second-order valence-corrected chi connectivity index (χ2v) is 6.85. The van der Waals surface area contributed by atoms with Gasteiger partial charge in [0.05, 0.1) is 0 Å². The van der Waals surface area contributed by atoms with Gasteiger partial charge in [-0.1, -0.05) is 62.4 Å². The topological polar surface area (TPSA) is 12.0 Å². The highest BCUT2D eigenvalue weighted by atomic mass is 32.2. The van der Waals surface area contributed by atoms with Crippen molar-refractivity contribution in [3.05, 3.63) is 65.7 Å². The minimum atomic E-state index is 0.385. The van der Waals surface area contributed by atoms with Crippen molar-refractivity contribution >= 4 is 11.8 Å².